The Kier molecular flexibility index (Phi) is 5.34. The summed E-state index contributed by atoms with van der Waals surface area (Å²) in [6.07, 6.45) is 3.88. The molecule has 0 aliphatic carbocycles. The molecule has 0 saturated carbocycles. The predicted octanol–water partition coefficient (Wildman–Crippen LogP) is 3.54. The number of carbonyl (C=O) groups excluding carboxylic acids is 1. The van der Waals surface area contributed by atoms with Crippen LogP contribution in [0.15, 0.2) is 48.8 Å². The van der Waals surface area contributed by atoms with Gasteiger partial charge in [-0.05, 0) is 43.3 Å². The van der Waals surface area contributed by atoms with Crippen LogP contribution in [0.1, 0.15) is 10.6 Å². The molecule has 1 amide bonds. The number of benzene rings is 1. The van der Waals surface area contributed by atoms with Crippen molar-refractivity contribution >= 4 is 22.9 Å². The number of anilines is 1. The van der Waals surface area contributed by atoms with E-state index >= 15 is 0 Å². The minimum absolute atomic E-state index is 0.131. The van der Waals surface area contributed by atoms with Crippen LogP contribution in [0.25, 0.3) is 10.6 Å². The van der Waals surface area contributed by atoms with Gasteiger partial charge in [0, 0.05) is 54.7 Å². The molecular formula is C21H21FN4OS. The zero-order valence-electron chi connectivity index (χ0n) is 15.6. The highest BCUT2D eigenvalue weighted by Crippen LogP contribution is 2.28. The van der Waals surface area contributed by atoms with Crippen LogP contribution in [0.5, 0.6) is 0 Å². The molecular weight excluding hydrogens is 375 g/mol. The summed E-state index contributed by atoms with van der Waals surface area (Å²) in [5, 5.41) is 0.920. The third-order valence-corrected chi connectivity index (χ3v) is 6.16. The Hall–Kier alpha value is -2.80. The largest absolute Gasteiger partial charge is 0.368 e. The molecule has 7 heteroatoms. The first-order chi connectivity index (χ1) is 13.6. The molecule has 0 N–H and O–H groups in total. The molecule has 144 valence electrons. The third kappa shape index (κ3) is 4.04. The summed E-state index contributed by atoms with van der Waals surface area (Å²) in [6, 6.07) is 10.4. The second kappa shape index (κ2) is 8.06. The maximum Gasteiger partial charge on any atom is 0.228 e. The van der Waals surface area contributed by atoms with Crippen LogP contribution in [0.3, 0.4) is 0 Å². The third-order valence-electron chi connectivity index (χ3n) is 4.96. The highest BCUT2D eigenvalue weighted by molar-refractivity contribution is 7.15. The van der Waals surface area contributed by atoms with Gasteiger partial charge in [-0.2, -0.15) is 0 Å². The van der Waals surface area contributed by atoms with Crippen molar-refractivity contribution < 1.29 is 9.18 Å². The van der Waals surface area contributed by atoms with E-state index in [2.05, 4.69) is 14.9 Å². The van der Waals surface area contributed by atoms with Crippen LogP contribution in [0.2, 0.25) is 0 Å². The SMILES string of the molecule is Cc1nc(-c2ccncc2)sc1CC(=O)N1CCN(c2ccc(F)cc2)CC1. The summed E-state index contributed by atoms with van der Waals surface area (Å²) in [7, 11) is 0. The molecule has 1 fully saturated rings. The number of nitrogens with zero attached hydrogens (tertiary/aromatic N) is 4. The first-order valence-electron chi connectivity index (χ1n) is 9.25. The number of amides is 1. The molecule has 0 spiro atoms. The Balaban J connectivity index is 1.37. The number of halogens is 1. The minimum Gasteiger partial charge on any atom is -0.368 e. The lowest BCUT2D eigenvalue weighted by molar-refractivity contribution is -0.130. The lowest BCUT2D eigenvalue weighted by Gasteiger charge is -2.36. The number of hydrogen-bond acceptors (Lipinski definition) is 5. The lowest BCUT2D eigenvalue weighted by atomic mass is 10.2. The summed E-state index contributed by atoms with van der Waals surface area (Å²) in [5.41, 5.74) is 2.93. The number of rotatable bonds is 4. The summed E-state index contributed by atoms with van der Waals surface area (Å²) < 4.78 is 13.1. The Morgan fingerprint density at radius 2 is 1.75 bits per heavy atom. The van der Waals surface area contributed by atoms with Crippen molar-refractivity contribution in [1.29, 1.82) is 0 Å². The maximum atomic E-state index is 13.1. The average molecular weight is 396 g/mol. The van der Waals surface area contributed by atoms with E-state index in [1.54, 1.807) is 35.9 Å². The molecule has 0 unspecified atom stereocenters. The second-order valence-electron chi connectivity index (χ2n) is 6.78. The Bertz CT molecular complexity index is 950. The van der Waals surface area contributed by atoms with Crippen LogP contribution in [0.4, 0.5) is 10.1 Å². The van der Waals surface area contributed by atoms with Gasteiger partial charge in [-0.15, -0.1) is 11.3 Å². The van der Waals surface area contributed by atoms with Gasteiger partial charge in [0.1, 0.15) is 10.8 Å². The molecule has 0 radical (unpaired) electrons. The van der Waals surface area contributed by atoms with Crippen LogP contribution in [0, 0.1) is 12.7 Å². The van der Waals surface area contributed by atoms with Crippen LogP contribution in [-0.4, -0.2) is 47.0 Å². The molecule has 3 heterocycles. The highest BCUT2D eigenvalue weighted by atomic mass is 32.1. The summed E-state index contributed by atoms with van der Waals surface area (Å²) >= 11 is 1.57. The number of piperazine rings is 1. The number of aryl methyl sites for hydroxylation is 1. The fourth-order valence-electron chi connectivity index (χ4n) is 3.33. The minimum atomic E-state index is -0.233. The van der Waals surface area contributed by atoms with Gasteiger partial charge < -0.3 is 9.80 Å². The molecule has 4 rings (SSSR count). The Labute approximate surface area is 167 Å². The van der Waals surface area contributed by atoms with E-state index in [4.69, 9.17) is 0 Å². The molecule has 2 aromatic heterocycles. The molecule has 1 aliphatic heterocycles. The standard InChI is InChI=1S/C21H21FN4OS/c1-15-19(28-21(24-15)16-6-8-23-9-7-16)14-20(27)26-12-10-25(11-13-26)18-4-2-17(22)3-5-18/h2-9H,10-14H2,1H3. The first kappa shape index (κ1) is 18.6. The van der Waals surface area contributed by atoms with Gasteiger partial charge in [0.15, 0.2) is 0 Å². The normalized spacial score (nSPS) is 14.4. The fourth-order valence-corrected chi connectivity index (χ4v) is 4.38. The van der Waals surface area contributed by atoms with Gasteiger partial charge in [-0.3, -0.25) is 9.78 Å². The number of aromatic nitrogens is 2. The Morgan fingerprint density at radius 3 is 2.43 bits per heavy atom. The molecule has 0 atom stereocenters. The van der Waals surface area contributed by atoms with E-state index in [0.717, 1.165) is 39.9 Å². The molecule has 3 aromatic rings. The maximum absolute atomic E-state index is 13.1. The molecule has 5 nitrogen and oxygen atoms in total. The highest BCUT2D eigenvalue weighted by Gasteiger charge is 2.23. The smallest absolute Gasteiger partial charge is 0.228 e. The number of pyridine rings is 1. The first-order valence-corrected chi connectivity index (χ1v) is 10.1. The quantitative estimate of drug-likeness (QED) is 0.677. The van der Waals surface area contributed by atoms with Crippen LogP contribution >= 0.6 is 11.3 Å². The zero-order chi connectivity index (χ0) is 19.5. The predicted molar refractivity (Wildman–Crippen MR) is 109 cm³/mol. The number of thiazole rings is 1. The van der Waals surface area contributed by atoms with Crippen LogP contribution in [-0.2, 0) is 11.2 Å². The van der Waals surface area contributed by atoms with Gasteiger partial charge in [0.25, 0.3) is 0 Å². The molecule has 1 aliphatic rings. The Morgan fingerprint density at radius 1 is 1.07 bits per heavy atom. The van der Waals surface area contributed by atoms with Gasteiger partial charge in [-0.1, -0.05) is 0 Å². The molecule has 0 bridgehead atoms. The van der Waals surface area contributed by atoms with E-state index in [1.165, 1.54) is 12.1 Å². The van der Waals surface area contributed by atoms with Crippen molar-refractivity contribution in [2.24, 2.45) is 0 Å². The van der Waals surface area contributed by atoms with E-state index in [0.29, 0.717) is 19.5 Å². The summed E-state index contributed by atoms with van der Waals surface area (Å²) in [6.45, 7) is 4.80. The van der Waals surface area contributed by atoms with Crippen molar-refractivity contribution in [3.8, 4) is 10.6 Å². The van der Waals surface area contributed by atoms with Crippen molar-refractivity contribution in [2.45, 2.75) is 13.3 Å². The van der Waals surface area contributed by atoms with Gasteiger partial charge in [-0.25, -0.2) is 9.37 Å². The molecule has 1 saturated heterocycles. The topological polar surface area (TPSA) is 49.3 Å². The zero-order valence-corrected chi connectivity index (χ0v) is 16.5. The number of carbonyl (C=O) groups is 1. The van der Waals surface area contributed by atoms with Crippen molar-refractivity contribution in [2.75, 3.05) is 31.1 Å². The van der Waals surface area contributed by atoms with E-state index in [9.17, 15) is 9.18 Å². The number of hydrogen-bond donors (Lipinski definition) is 0. The summed E-state index contributed by atoms with van der Waals surface area (Å²) in [4.78, 5) is 26.5. The van der Waals surface area contributed by atoms with Gasteiger partial charge in [0.2, 0.25) is 5.91 Å². The lowest BCUT2D eigenvalue weighted by Crippen LogP contribution is -2.49. The van der Waals surface area contributed by atoms with Gasteiger partial charge in [0.05, 0.1) is 12.1 Å². The monoisotopic (exact) mass is 396 g/mol. The molecule has 1 aromatic carbocycles. The van der Waals surface area contributed by atoms with E-state index < -0.39 is 0 Å². The average Bonchev–Trinajstić information content (AvgIpc) is 3.10. The van der Waals surface area contributed by atoms with Crippen LogP contribution < -0.4 is 4.90 Å². The summed E-state index contributed by atoms with van der Waals surface area (Å²) in [5.74, 6) is -0.101. The van der Waals surface area contributed by atoms with E-state index in [-0.39, 0.29) is 11.7 Å². The van der Waals surface area contributed by atoms with Crippen molar-refractivity contribution in [1.82, 2.24) is 14.9 Å². The molecule has 28 heavy (non-hydrogen) atoms. The van der Waals surface area contributed by atoms with Crippen molar-refractivity contribution in [3.63, 3.8) is 0 Å². The van der Waals surface area contributed by atoms with E-state index in [1.807, 2.05) is 24.0 Å². The second-order valence-corrected chi connectivity index (χ2v) is 7.87. The van der Waals surface area contributed by atoms with Crippen molar-refractivity contribution in [3.05, 3.63) is 65.2 Å². The fraction of sp³-hybridized carbons (Fsp3) is 0.286. The van der Waals surface area contributed by atoms with Gasteiger partial charge >= 0.3 is 0 Å².